The predicted octanol–water partition coefficient (Wildman–Crippen LogP) is 6.05. The van der Waals surface area contributed by atoms with E-state index in [1.807, 2.05) is 49.5 Å². The molecule has 208 valence electrons. The van der Waals surface area contributed by atoms with Gasteiger partial charge in [-0.25, -0.2) is 0 Å². The van der Waals surface area contributed by atoms with Crippen LogP contribution in [0.1, 0.15) is 11.1 Å². The summed E-state index contributed by atoms with van der Waals surface area (Å²) in [6.07, 6.45) is 4.88. The molecule has 0 radical (unpaired) electrons. The van der Waals surface area contributed by atoms with E-state index in [9.17, 15) is 0 Å². The van der Waals surface area contributed by atoms with Gasteiger partial charge in [-0.3, -0.25) is 5.41 Å². The van der Waals surface area contributed by atoms with Crippen molar-refractivity contribution < 1.29 is 24.5 Å². The number of allylic oxidation sites excluding steroid dienone is 2. The minimum absolute atomic E-state index is 0.0660. The monoisotopic (exact) mass is 581 g/mol. The van der Waals surface area contributed by atoms with Crippen LogP contribution >= 0.6 is 23.2 Å². The maximum atomic E-state index is 9.04. The van der Waals surface area contributed by atoms with Crippen molar-refractivity contribution in [3.05, 3.63) is 99.6 Å². The number of hydrogen-bond donors (Lipinski definition) is 4. The lowest BCUT2D eigenvalue weighted by molar-refractivity contribution is 0.201. The van der Waals surface area contributed by atoms with Gasteiger partial charge in [0.15, 0.2) is 0 Å². The minimum Gasteiger partial charge on any atom is -0.491 e. The Morgan fingerprint density at radius 3 is 2.48 bits per heavy atom. The van der Waals surface area contributed by atoms with Crippen LogP contribution < -0.4 is 19.5 Å². The number of benzene rings is 3. The van der Waals surface area contributed by atoms with E-state index in [1.165, 1.54) is 0 Å². The van der Waals surface area contributed by atoms with Crippen molar-refractivity contribution in [2.24, 2.45) is 5.16 Å². The number of ether oxygens (including phenoxy) is 3. The number of nitrogens with zero attached hydrogens (tertiary/aromatic N) is 1. The Morgan fingerprint density at radius 1 is 0.925 bits per heavy atom. The SMILES string of the molecule is CNCc1cc(Cl)c(OCc2cccc(-c3cccc(OCCO)c3)c2Cl)cc1OCC1=CC(=N)/C(=N\O)C=C1. The van der Waals surface area contributed by atoms with E-state index in [1.54, 1.807) is 30.4 Å². The first-order valence-electron chi connectivity index (χ1n) is 12.5. The predicted molar refractivity (Wildman–Crippen MR) is 158 cm³/mol. The zero-order valence-electron chi connectivity index (χ0n) is 21.8. The molecule has 0 saturated carbocycles. The minimum atomic E-state index is -0.0660. The lowest BCUT2D eigenvalue weighted by atomic mass is 10.0. The molecule has 0 spiro atoms. The summed E-state index contributed by atoms with van der Waals surface area (Å²) in [6.45, 7) is 1.04. The van der Waals surface area contributed by atoms with Crippen LogP contribution in [0.3, 0.4) is 0 Å². The summed E-state index contributed by atoms with van der Waals surface area (Å²) in [4.78, 5) is 0. The molecule has 3 aromatic carbocycles. The van der Waals surface area contributed by atoms with E-state index >= 15 is 0 Å². The van der Waals surface area contributed by atoms with Gasteiger partial charge in [0, 0.05) is 29.3 Å². The molecule has 0 unspecified atom stereocenters. The van der Waals surface area contributed by atoms with Crippen LogP contribution in [-0.4, -0.2) is 48.6 Å². The van der Waals surface area contributed by atoms with Crippen LogP contribution in [-0.2, 0) is 13.2 Å². The number of rotatable bonds is 12. The number of nitrogens with one attached hydrogen (secondary N) is 2. The van der Waals surface area contributed by atoms with Gasteiger partial charge >= 0.3 is 0 Å². The first kappa shape index (κ1) is 29.2. The Morgan fingerprint density at radius 2 is 1.73 bits per heavy atom. The van der Waals surface area contributed by atoms with Crippen molar-refractivity contribution in [1.82, 2.24) is 5.32 Å². The molecular weight excluding hydrogens is 553 g/mol. The molecule has 4 rings (SSSR count). The highest BCUT2D eigenvalue weighted by molar-refractivity contribution is 6.50. The average Bonchev–Trinajstić information content (AvgIpc) is 2.96. The number of aliphatic hydroxyl groups excluding tert-OH is 1. The van der Waals surface area contributed by atoms with E-state index in [2.05, 4.69) is 10.5 Å². The summed E-state index contributed by atoms with van der Waals surface area (Å²) in [7, 11) is 1.83. The third-order valence-electron chi connectivity index (χ3n) is 6.01. The third kappa shape index (κ3) is 7.22. The van der Waals surface area contributed by atoms with Gasteiger partial charge in [0.1, 0.15) is 42.8 Å². The fourth-order valence-electron chi connectivity index (χ4n) is 4.06. The molecule has 0 aliphatic heterocycles. The summed E-state index contributed by atoms with van der Waals surface area (Å²) in [5.74, 6) is 1.66. The maximum Gasteiger partial charge on any atom is 0.142 e. The summed E-state index contributed by atoms with van der Waals surface area (Å²) in [6, 6.07) is 16.8. The van der Waals surface area contributed by atoms with E-state index < -0.39 is 0 Å². The molecule has 0 bridgehead atoms. The second-order valence-corrected chi connectivity index (χ2v) is 9.61. The van der Waals surface area contributed by atoms with Crippen LogP contribution in [0, 0.1) is 5.41 Å². The highest BCUT2D eigenvalue weighted by Crippen LogP contribution is 2.36. The Kier molecular flexibility index (Phi) is 10.2. The topological polar surface area (TPSA) is 116 Å². The zero-order valence-corrected chi connectivity index (χ0v) is 23.3. The summed E-state index contributed by atoms with van der Waals surface area (Å²) < 4.78 is 17.7. The lowest BCUT2D eigenvalue weighted by Crippen LogP contribution is -2.15. The van der Waals surface area contributed by atoms with E-state index in [0.29, 0.717) is 33.8 Å². The molecule has 0 aromatic heterocycles. The molecule has 10 heteroatoms. The van der Waals surface area contributed by atoms with Crippen molar-refractivity contribution in [3.8, 4) is 28.4 Å². The van der Waals surface area contributed by atoms with Crippen molar-refractivity contribution in [2.45, 2.75) is 13.2 Å². The Labute approximate surface area is 242 Å². The van der Waals surface area contributed by atoms with Crippen molar-refractivity contribution in [3.63, 3.8) is 0 Å². The van der Waals surface area contributed by atoms with Gasteiger partial charge in [0.05, 0.1) is 22.4 Å². The van der Waals surface area contributed by atoms with Gasteiger partial charge in [-0.2, -0.15) is 0 Å². The van der Waals surface area contributed by atoms with Crippen LogP contribution in [0.25, 0.3) is 11.1 Å². The molecular formula is C30H29Cl2N3O5. The standard InChI is InChI=1S/C30H29Cl2N3O5/c1-34-16-22-14-25(31)29(15-28(22)39-17-19-8-9-27(35-37)26(33)12-19)40-18-21-5-3-7-24(30(21)32)20-4-2-6-23(13-20)38-11-10-36/h2-9,12-15,33-34,36-37H,10-11,16-18H2,1H3/b33-26?,35-27-. The van der Waals surface area contributed by atoms with Gasteiger partial charge in [-0.15, -0.1) is 0 Å². The molecule has 0 amide bonds. The quantitative estimate of drug-likeness (QED) is 0.117. The zero-order chi connectivity index (χ0) is 28.5. The van der Waals surface area contributed by atoms with Crippen LogP contribution in [0.2, 0.25) is 10.0 Å². The third-order valence-corrected chi connectivity index (χ3v) is 6.75. The number of halogens is 2. The molecule has 4 N–H and O–H groups in total. The van der Waals surface area contributed by atoms with Gasteiger partial charge < -0.3 is 29.8 Å². The Bertz CT molecular complexity index is 1470. The molecule has 8 nitrogen and oxygen atoms in total. The second kappa shape index (κ2) is 14.0. The fourth-order valence-corrected chi connectivity index (χ4v) is 4.59. The van der Waals surface area contributed by atoms with E-state index in [-0.39, 0.29) is 37.9 Å². The van der Waals surface area contributed by atoms with Gasteiger partial charge in [-0.1, -0.05) is 64.8 Å². The molecule has 0 fully saturated rings. The van der Waals surface area contributed by atoms with Gasteiger partial charge in [0.2, 0.25) is 0 Å². The normalized spacial score (nSPS) is 13.8. The van der Waals surface area contributed by atoms with Crippen LogP contribution in [0.5, 0.6) is 17.2 Å². The number of oxime groups is 1. The van der Waals surface area contributed by atoms with Gasteiger partial charge in [0.25, 0.3) is 0 Å². The Hall–Kier alpha value is -3.82. The maximum absolute atomic E-state index is 9.04. The average molecular weight is 582 g/mol. The molecule has 0 saturated heterocycles. The molecule has 0 heterocycles. The molecule has 1 aliphatic rings. The lowest BCUT2D eigenvalue weighted by Gasteiger charge is -2.17. The van der Waals surface area contributed by atoms with E-state index in [4.69, 9.17) is 53.1 Å². The van der Waals surface area contributed by atoms with Crippen LogP contribution in [0.15, 0.2) is 83.6 Å². The van der Waals surface area contributed by atoms with Crippen molar-refractivity contribution in [1.29, 1.82) is 5.41 Å². The summed E-state index contributed by atoms with van der Waals surface area (Å²) >= 11 is 13.4. The summed E-state index contributed by atoms with van der Waals surface area (Å²) in [5, 5.41) is 33.1. The van der Waals surface area contributed by atoms with Crippen molar-refractivity contribution in [2.75, 3.05) is 26.9 Å². The number of hydrogen-bond acceptors (Lipinski definition) is 8. The fraction of sp³-hybridized carbons (Fsp3) is 0.200. The molecule has 0 atom stereocenters. The first-order valence-corrected chi connectivity index (χ1v) is 13.2. The molecule has 3 aromatic rings. The van der Waals surface area contributed by atoms with Gasteiger partial charge in [-0.05, 0) is 48.5 Å². The second-order valence-electron chi connectivity index (χ2n) is 8.83. The molecule has 40 heavy (non-hydrogen) atoms. The summed E-state index contributed by atoms with van der Waals surface area (Å²) in [5.41, 5.74) is 4.36. The molecule has 1 aliphatic carbocycles. The Balaban J connectivity index is 1.52. The smallest absolute Gasteiger partial charge is 0.142 e. The number of aliphatic hydroxyl groups is 1. The largest absolute Gasteiger partial charge is 0.491 e. The van der Waals surface area contributed by atoms with Crippen LogP contribution in [0.4, 0.5) is 0 Å². The highest BCUT2D eigenvalue weighted by Gasteiger charge is 2.15. The van der Waals surface area contributed by atoms with Crippen molar-refractivity contribution >= 4 is 34.6 Å². The highest BCUT2D eigenvalue weighted by atomic mass is 35.5. The first-order chi connectivity index (χ1) is 19.4. The van der Waals surface area contributed by atoms with E-state index in [0.717, 1.165) is 27.8 Å².